The van der Waals surface area contributed by atoms with E-state index in [0.717, 1.165) is 17.6 Å². The van der Waals surface area contributed by atoms with Crippen LogP contribution >= 0.6 is 0 Å². The summed E-state index contributed by atoms with van der Waals surface area (Å²) in [6, 6.07) is 13.8. The first-order valence-corrected chi connectivity index (χ1v) is 12.4. The van der Waals surface area contributed by atoms with Gasteiger partial charge in [-0.1, -0.05) is 18.2 Å². The maximum absolute atomic E-state index is 14.1. The van der Waals surface area contributed by atoms with Crippen LogP contribution in [0.3, 0.4) is 0 Å². The minimum absolute atomic E-state index is 0.361. The number of amides is 2. The Morgan fingerprint density at radius 3 is 2.50 bits per heavy atom. The molecule has 3 heterocycles. The summed E-state index contributed by atoms with van der Waals surface area (Å²) >= 11 is 0. The van der Waals surface area contributed by atoms with Crippen molar-refractivity contribution in [2.45, 2.75) is 25.8 Å². The highest BCUT2D eigenvalue weighted by molar-refractivity contribution is 5.90. The first kappa shape index (κ1) is 25.2. The van der Waals surface area contributed by atoms with Crippen LogP contribution in [-0.2, 0) is 7.05 Å². The van der Waals surface area contributed by atoms with Crippen molar-refractivity contribution in [1.82, 2.24) is 24.9 Å². The van der Waals surface area contributed by atoms with E-state index in [2.05, 4.69) is 20.8 Å². The molecule has 2 amide bonds. The zero-order valence-electron chi connectivity index (χ0n) is 21.4. The van der Waals surface area contributed by atoms with E-state index >= 15 is 0 Å². The number of nitrogens with one attached hydrogen (secondary N) is 2. The van der Waals surface area contributed by atoms with Gasteiger partial charge in [0.25, 0.3) is 0 Å². The quantitative estimate of drug-likeness (QED) is 0.377. The van der Waals surface area contributed by atoms with Crippen molar-refractivity contribution in [1.29, 1.82) is 0 Å². The molecule has 1 saturated heterocycles. The Balaban J connectivity index is 1.42. The van der Waals surface area contributed by atoms with Crippen LogP contribution in [0.4, 0.5) is 25.2 Å². The van der Waals surface area contributed by atoms with Crippen LogP contribution in [0.1, 0.15) is 24.0 Å². The summed E-state index contributed by atoms with van der Waals surface area (Å²) in [7, 11) is 1.82. The minimum atomic E-state index is -0.659. The Hall–Kier alpha value is -4.41. The smallest absolute Gasteiger partial charge is 0.320 e. The second-order valence-corrected chi connectivity index (χ2v) is 9.19. The standard InChI is InChI=1S/C27H29F2N7O2/c1-4-38-26-17(2)25(36(33-26)21-8-6-5-7-9-21)32-27(37)31-23-16-35(24-10-11-30-34(24)3)15-22(23)18-12-19(28)14-20(29)13-18/h5-14,22-23H,4,15-16H2,1-3H3,(H2,31,32,37)/t22-,23+/m0/s1. The molecule has 2 atom stereocenters. The zero-order chi connectivity index (χ0) is 26.8. The summed E-state index contributed by atoms with van der Waals surface area (Å²) in [5, 5.41) is 14.7. The van der Waals surface area contributed by atoms with Crippen LogP contribution in [-0.4, -0.2) is 51.3 Å². The summed E-state index contributed by atoms with van der Waals surface area (Å²) in [5.41, 5.74) is 1.91. The van der Waals surface area contributed by atoms with E-state index in [4.69, 9.17) is 4.74 Å². The number of hydrogen-bond donors (Lipinski definition) is 2. The first-order valence-electron chi connectivity index (χ1n) is 12.4. The highest BCUT2D eigenvalue weighted by Gasteiger charge is 2.37. The number of aromatic nitrogens is 4. The highest BCUT2D eigenvalue weighted by atomic mass is 19.1. The molecule has 2 aromatic heterocycles. The molecule has 4 aromatic rings. The molecular formula is C27H29F2N7O2. The fourth-order valence-electron chi connectivity index (χ4n) is 4.91. The van der Waals surface area contributed by atoms with Gasteiger partial charge in [0.15, 0.2) is 0 Å². The molecule has 1 aliphatic heterocycles. The maximum Gasteiger partial charge on any atom is 0.320 e. The largest absolute Gasteiger partial charge is 0.477 e. The number of nitrogens with zero attached hydrogens (tertiary/aromatic N) is 5. The molecule has 0 aliphatic carbocycles. The van der Waals surface area contributed by atoms with Crippen molar-refractivity contribution in [3.63, 3.8) is 0 Å². The van der Waals surface area contributed by atoms with Gasteiger partial charge in [0.05, 0.1) is 30.1 Å². The lowest BCUT2D eigenvalue weighted by atomic mass is 9.94. The Bertz CT molecular complexity index is 1420. The molecule has 1 aliphatic rings. The predicted molar refractivity (Wildman–Crippen MR) is 140 cm³/mol. The van der Waals surface area contributed by atoms with Gasteiger partial charge in [0, 0.05) is 38.2 Å². The molecule has 5 rings (SSSR count). The summed E-state index contributed by atoms with van der Waals surface area (Å²) in [4.78, 5) is 15.4. The fourth-order valence-corrected chi connectivity index (χ4v) is 4.91. The Morgan fingerprint density at radius 1 is 1.11 bits per heavy atom. The third kappa shape index (κ3) is 5.04. The summed E-state index contributed by atoms with van der Waals surface area (Å²) in [6.45, 7) is 4.99. The number of carbonyl (C=O) groups excluding carboxylic acids is 1. The van der Waals surface area contributed by atoms with E-state index in [9.17, 15) is 13.6 Å². The highest BCUT2D eigenvalue weighted by Crippen LogP contribution is 2.33. The second-order valence-electron chi connectivity index (χ2n) is 9.19. The van der Waals surface area contributed by atoms with Crippen molar-refractivity contribution in [3.8, 4) is 11.6 Å². The number of urea groups is 1. The Kier molecular flexibility index (Phi) is 6.99. The molecule has 0 bridgehead atoms. The van der Waals surface area contributed by atoms with E-state index in [-0.39, 0.29) is 5.92 Å². The average molecular weight is 522 g/mol. The SMILES string of the molecule is CCOc1nn(-c2ccccc2)c(NC(=O)N[C@@H]2CN(c3ccnn3C)C[C@H]2c2cc(F)cc(F)c2)c1C. The minimum Gasteiger partial charge on any atom is -0.477 e. The lowest BCUT2D eigenvalue weighted by molar-refractivity contribution is 0.248. The fraction of sp³-hybridized carbons (Fsp3) is 0.296. The van der Waals surface area contributed by atoms with Crippen LogP contribution < -0.4 is 20.3 Å². The monoisotopic (exact) mass is 521 g/mol. The van der Waals surface area contributed by atoms with Crippen LogP contribution in [0.15, 0.2) is 60.8 Å². The number of halogens is 2. The number of carbonyl (C=O) groups is 1. The number of benzene rings is 2. The normalized spacial score (nSPS) is 17.0. The summed E-state index contributed by atoms with van der Waals surface area (Å²) in [6.07, 6.45) is 1.68. The van der Waals surface area contributed by atoms with Crippen LogP contribution in [0.5, 0.6) is 5.88 Å². The molecule has 0 radical (unpaired) electrons. The summed E-state index contributed by atoms with van der Waals surface area (Å²) < 4.78 is 37.3. The average Bonchev–Trinajstić information content (AvgIpc) is 3.58. The van der Waals surface area contributed by atoms with Gasteiger partial charge >= 0.3 is 6.03 Å². The molecule has 11 heteroatoms. The van der Waals surface area contributed by atoms with Crippen molar-refractivity contribution >= 4 is 17.7 Å². The molecule has 0 spiro atoms. The molecule has 198 valence electrons. The third-order valence-electron chi connectivity index (χ3n) is 6.66. The molecular weight excluding hydrogens is 492 g/mol. The van der Waals surface area contributed by atoms with E-state index < -0.39 is 23.7 Å². The Labute approximate surface area is 219 Å². The second kappa shape index (κ2) is 10.5. The first-order chi connectivity index (χ1) is 18.3. The topological polar surface area (TPSA) is 89.2 Å². The molecule has 0 saturated carbocycles. The number of anilines is 2. The van der Waals surface area contributed by atoms with E-state index in [1.165, 1.54) is 12.1 Å². The van der Waals surface area contributed by atoms with Gasteiger partial charge in [-0.15, -0.1) is 5.10 Å². The van der Waals surface area contributed by atoms with Crippen LogP contribution in [0.25, 0.3) is 5.69 Å². The van der Waals surface area contributed by atoms with Crippen molar-refractivity contribution in [2.75, 3.05) is 29.9 Å². The van der Waals surface area contributed by atoms with Gasteiger partial charge in [-0.25, -0.2) is 18.3 Å². The van der Waals surface area contributed by atoms with E-state index in [1.807, 2.05) is 62.2 Å². The number of ether oxygens (including phenoxy) is 1. The van der Waals surface area contributed by atoms with Gasteiger partial charge in [-0.2, -0.15) is 5.10 Å². The van der Waals surface area contributed by atoms with E-state index in [1.54, 1.807) is 15.6 Å². The van der Waals surface area contributed by atoms with E-state index in [0.29, 0.717) is 42.5 Å². The van der Waals surface area contributed by atoms with Crippen molar-refractivity contribution in [3.05, 3.63) is 83.6 Å². The lowest BCUT2D eigenvalue weighted by Gasteiger charge is -2.21. The number of aryl methyl sites for hydroxylation is 1. The van der Waals surface area contributed by atoms with Gasteiger partial charge < -0.3 is 15.0 Å². The van der Waals surface area contributed by atoms with Crippen molar-refractivity contribution in [2.24, 2.45) is 7.05 Å². The predicted octanol–water partition coefficient (Wildman–Crippen LogP) is 4.39. The molecule has 38 heavy (non-hydrogen) atoms. The number of para-hydroxylation sites is 1. The van der Waals surface area contributed by atoms with Gasteiger partial charge in [-0.3, -0.25) is 10.00 Å². The molecule has 2 aromatic carbocycles. The van der Waals surface area contributed by atoms with Crippen LogP contribution in [0.2, 0.25) is 0 Å². The molecule has 2 N–H and O–H groups in total. The maximum atomic E-state index is 14.1. The number of rotatable bonds is 7. The molecule has 1 fully saturated rings. The number of hydrogen-bond acceptors (Lipinski definition) is 5. The lowest BCUT2D eigenvalue weighted by Crippen LogP contribution is -2.42. The van der Waals surface area contributed by atoms with Gasteiger partial charge in [0.1, 0.15) is 23.3 Å². The summed E-state index contributed by atoms with van der Waals surface area (Å²) in [5.74, 6) is 0.0481. The zero-order valence-corrected chi connectivity index (χ0v) is 21.4. The Morgan fingerprint density at radius 2 is 1.84 bits per heavy atom. The third-order valence-corrected chi connectivity index (χ3v) is 6.66. The van der Waals surface area contributed by atoms with Gasteiger partial charge in [0.2, 0.25) is 5.88 Å². The molecule has 9 nitrogen and oxygen atoms in total. The molecule has 0 unspecified atom stereocenters. The van der Waals surface area contributed by atoms with Gasteiger partial charge in [-0.05, 0) is 43.7 Å². The van der Waals surface area contributed by atoms with Crippen LogP contribution in [0, 0.1) is 18.6 Å². The van der Waals surface area contributed by atoms with Crippen molar-refractivity contribution < 1.29 is 18.3 Å².